The monoisotopic (exact) mass is 429 g/mol. The van der Waals surface area contributed by atoms with Crippen molar-refractivity contribution in [1.82, 2.24) is 25.0 Å². The lowest BCUT2D eigenvalue weighted by Gasteiger charge is -2.11. The van der Waals surface area contributed by atoms with Gasteiger partial charge < -0.3 is 10.2 Å². The molecule has 1 N–H and O–H groups in total. The van der Waals surface area contributed by atoms with Gasteiger partial charge in [0, 0.05) is 55.6 Å². The van der Waals surface area contributed by atoms with Crippen molar-refractivity contribution in [3.05, 3.63) is 59.5 Å². The first-order valence-electron chi connectivity index (χ1n) is 11.2. The second-order valence-electron chi connectivity index (χ2n) is 8.81. The zero-order chi connectivity index (χ0) is 22.2. The molecular formula is C25H27N5O2. The van der Waals surface area contributed by atoms with E-state index in [0.29, 0.717) is 29.4 Å². The minimum absolute atomic E-state index is 0.00948. The highest BCUT2D eigenvalue weighted by atomic mass is 16.2. The first-order valence-corrected chi connectivity index (χ1v) is 11.2. The Labute approximate surface area is 187 Å². The largest absolute Gasteiger partial charge is 0.354 e. The van der Waals surface area contributed by atoms with E-state index in [1.54, 1.807) is 25.1 Å². The smallest absolute Gasteiger partial charge is 0.269 e. The van der Waals surface area contributed by atoms with Crippen molar-refractivity contribution in [2.24, 2.45) is 5.92 Å². The second-order valence-corrected chi connectivity index (χ2v) is 8.81. The van der Waals surface area contributed by atoms with Crippen molar-refractivity contribution < 1.29 is 9.59 Å². The number of hydrogen-bond donors (Lipinski definition) is 1. The van der Waals surface area contributed by atoms with Crippen LogP contribution in [0.3, 0.4) is 0 Å². The average molecular weight is 430 g/mol. The van der Waals surface area contributed by atoms with Crippen LogP contribution in [0.15, 0.2) is 42.7 Å². The number of carbonyl (C=O) groups is 2. The van der Waals surface area contributed by atoms with Gasteiger partial charge in [0.15, 0.2) is 0 Å². The van der Waals surface area contributed by atoms with Crippen molar-refractivity contribution in [1.29, 1.82) is 0 Å². The molecule has 32 heavy (non-hydrogen) atoms. The van der Waals surface area contributed by atoms with Crippen LogP contribution in [0.2, 0.25) is 0 Å². The summed E-state index contributed by atoms with van der Waals surface area (Å²) in [7, 11) is 3.39. The van der Waals surface area contributed by atoms with Gasteiger partial charge in [-0.2, -0.15) is 5.10 Å². The number of carbonyl (C=O) groups excluding carboxylic acids is 2. The second kappa shape index (κ2) is 8.22. The summed E-state index contributed by atoms with van der Waals surface area (Å²) in [4.78, 5) is 31.2. The Hall–Kier alpha value is -3.48. The van der Waals surface area contributed by atoms with E-state index >= 15 is 0 Å². The normalized spacial score (nSPS) is 15.9. The number of nitrogens with zero attached hydrogens (tertiary/aromatic N) is 4. The van der Waals surface area contributed by atoms with Gasteiger partial charge in [0.2, 0.25) is 0 Å². The molecule has 164 valence electrons. The van der Waals surface area contributed by atoms with E-state index in [0.717, 1.165) is 28.8 Å². The van der Waals surface area contributed by atoms with Crippen molar-refractivity contribution in [3.63, 3.8) is 0 Å². The standard InChI is InChI=1S/C25H27N5O2/c1-26-24(31)22-10-9-20(19-12-27-30(15-19)13-16-5-3-4-6-16)23(28-22)17-7-8-18-14-29(2)25(32)21(18)11-17/h7-12,15-16H,3-6,13-14H2,1-2H3,(H,26,31). The molecule has 0 saturated heterocycles. The Kier molecular flexibility index (Phi) is 5.25. The van der Waals surface area contributed by atoms with Crippen LogP contribution in [-0.2, 0) is 13.1 Å². The first-order chi connectivity index (χ1) is 15.5. The van der Waals surface area contributed by atoms with Gasteiger partial charge in [-0.15, -0.1) is 0 Å². The van der Waals surface area contributed by atoms with Crippen LogP contribution >= 0.6 is 0 Å². The number of fused-ring (bicyclic) bond motifs is 1. The van der Waals surface area contributed by atoms with Gasteiger partial charge in [-0.25, -0.2) is 4.98 Å². The van der Waals surface area contributed by atoms with Crippen LogP contribution in [-0.4, -0.2) is 45.6 Å². The SMILES string of the molecule is CNC(=O)c1ccc(-c2cnn(CC3CCCC3)c2)c(-c2ccc3c(c2)C(=O)N(C)C3)n1. The summed E-state index contributed by atoms with van der Waals surface area (Å²) in [6.45, 7) is 1.54. The third-order valence-corrected chi connectivity index (χ3v) is 6.59. The van der Waals surface area contributed by atoms with Crippen molar-refractivity contribution in [2.45, 2.75) is 38.8 Å². The summed E-state index contributed by atoms with van der Waals surface area (Å²) in [5, 5.41) is 7.23. The molecule has 1 saturated carbocycles. The summed E-state index contributed by atoms with van der Waals surface area (Å²) in [6.07, 6.45) is 9.06. The molecule has 1 fully saturated rings. The zero-order valence-electron chi connectivity index (χ0n) is 18.5. The molecule has 1 aliphatic carbocycles. The van der Waals surface area contributed by atoms with Gasteiger partial charge in [-0.05, 0) is 42.5 Å². The highest BCUT2D eigenvalue weighted by molar-refractivity contribution is 6.00. The molecule has 3 heterocycles. The summed E-state index contributed by atoms with van der Waals surface area (Å²) < 4.78 is 2.02. The Morgan fingerprint density at radius 3 is 2.72 bits per heavy atom. The van der Waals surface area contributed by atoms with E-state index in [2.05, 4.69) is 16.6 Å². The minimum Gasteiger partial charge on any atom is -0.354 e. The van der Waals surface area contributed by atoms with Crippen LogP contribution in [0.4, 0.5) is 0 Å². The quantitative estimate of drug-likeness (QED) is 0.670. The van der Waals surface area contributed by atoms with Crippen LogP contribution in [0.25, 0.3) is 22.4 Å². The average Bonchev–Trinajstić information content (AvgIpc) is 3.55. The van der Waals surface area contributed by atoms with E-state index in [-0.39, 0.29) is 11.8 Å². The summed E-state index contributed by atoms with van der Waals surface area (Å²) in [6, 6.07) is 9.51. The summed E-state index contributed by atoms with van der Waals surface area (Å²) in [5.74, 6) is 0.456. The maximum atomic E-state index is 12.6. The fraction of sp³-hybridized carbons (Fsp3) is 0.360. The minimum atomic E-state index is -0.244. The molecule has 0 spiro atoms. The molecular weight excluding hydrogens is 402 g/mol. The predicted octanol–water partition coefficient (Wildman–Crippen LogP) is 3.75. The number of amides is 2. The Balaban J connectivity index is 1.56. The molecule has 7 heteroatoms. The number of aromatic nitrogens is 3. The Morgan fingerprint density at radius 2 is 1.94 bits per heavy atom. The fourth-order valence-electron chi connectivity index (χ4n) is 4.82. The van der Waals surface area contributed by atoms with Crippen LogP contribution in [0.5, 0.6) is 0 Å². The number of benzene rings is 1. The lowest BCUT2D eigenvalue weighted by molar-refractivity contribution is 0.0816. The lowest BCUT2D eigenvalue weighted by Crippen LogP contribution is -2.19. The van der Waals surface area contributed by atoms with Gasteiger partial charge in [-0.1, -0.05) is 25.0 Å². The zero-order valence-corrected chi connectivity index (χ0v) is 18.5. The van der Waals surface area contributed by atoms with Gasteiger partial charge in [0.05, 0.1) is 11.9 Å². The highest BCUT2D eigenvalue weighted by Crippen LogP contribution is 2.34. The van der Waals surface area contributed by atoms with Gasteiger partial charge in [0.25, 0.3) is 11.8 Å². The van der Waals surface area contributed by atoms with Crippen LogP contribution in [0, 0.1) is 5.92 Å². The molecule has 0 bridgehead atoms. The van der Waals surface area contributed by atoms with Gasteiger partial charge in [0.1, 0.15) is 5.69 Å². The summed E-state index contributed by atoms with van der Waals surface area (Å²) in [5.41, 5.74) is 5.39. The molecule has 0 radical (unpaired) electrons. The van der Waals surface area contributed by atoms with E-state index in [9.17, 15) is 9.59 Å². The topological polar surface area (TPSA) is 80.1 Å². The van der Waals surface area contributed by atoms with Crippen LogP contribution < -0.4 is 5.32 Å². The van der Waals surface area contributed by atoms with Gasteiger partial charge >= 0.3 is 0 Å². The number of hydrogen-bond acceptors (Lipinski definition) is 4. The fourth-order valence-corrected chi connectivity index (χ4v) is 4.82. The summed E-state index contributed by atoms with van der Waals surface area (Å²) >= 11 is 0. The van der Waals surface area contributed by atoms with Crippen molar-refractivity contribution >= 4 is 11.8 Å². The van der Waals surface area contributed by atoms with E-state index in [1.165, 1.54) is 25.7 Å². The number of nitrogens with one attached hydrogen (secondary N) is 1. The third-order valence-electron chi connectivity index (χ3n) is 6.59. The third kappa shape index (κ3) is 3.68. The molecule has 0 atom stereocenters. The van der Waals surface area contributed by atoms with Crippen molar-refractivity contribution in [2.75, 3.05) is 14.1 Å². The number of pyridine rings is 1. The van der Waals surface area contributed by atoms with Gasteiger partial charge in [-0.3, -0.25) is 14.3 Å². The van der Waals surface area contributed by atoms with E-state index < -0.39 is 0 Å². The number of rotatable bonds is 5. The molecule has 2 aromatic heterocycles. The molecule has 0 unspecified atom stereocenters. The van der Waals surface area contributed by atoms with E-state index in [1.807, 2.05) is 35.1 Å². The molecule has 2 amide bonds. The molecule has 3 aromatic rings. The van der Waals surface area contributed by atoms with Crippen LogP contribution in [0.1, 0.15) is 52.1 Å². The first kappa shape index (κ1) is 20.4. The Morgan fingerprint density at radius 1 is 1.12 bits per heavy atom. The molecule has 1 aliphatic heterocycles. The lowest BCUT2D eigenvalue weighted by atomic mass is 9.98. The highest BCUT2D eigenvalue weighted by Gasteiger charge is 2.26. The maximum absolute atomic E-state index is 12.6. The predicted molar refractivity (Wildman–Crippen MR) is 122 cm³/mol. The van der Waals surface area contributed by atoms with Crippen molar-refractivity contribution in [3.8, 4) is 22.4 Å². The Bertz CT molecular complexity index is 1190. The molecule has 2 aliphatic rings. The molecule has 5 rings (SSSR count). The molecule has 7 nitrogen and oxygen atoms in total. The maximum Gasteiger partial charge on any atom is 0.269 e. The van der Waals surface area contributed by atoms with E-state index in [4.69, 9.17) is 4.98 Å². The molecule has 1 aromatic carbocycles.